The average Bonchev–Trinajstić information content (AvgIpc) is 2.69. The molecule has 0 bridgehead atoms. The minimum absolute atomic E-state index is 0.383. The molecule has 0 aromatic heterocycles. The molecule has 26 heavy (non-hydrogen) atoms. The minimum Gasteiger partial charge on any atom is -0.339 e. The second-order valence-electron chi connectivity index (χ2n) is 8.43. The molecule has 1 aromatic rings. The fourth-order valence-corrected chi connectivity index (χ4v) is 5.21. The maximum Gasteiger partial charge on any atom is 0.222 e. The number of carbonyl (C=O) groups is 1. The number of carbonyl (C=O) groups excluding carboxylic acids is 1. The summed E-state index contributed by atoms with van der Waals surface area (Å²) in [5.74, 6) is 1.93. The van der Waals surface area contributed by atoms with Crippen LogP contribution in [-0.2, 0) is 11.2 Å². The number of fused-ring (bicyclic) bond motifs is 1. The lowest BCUT2D eigenvalue weighted by Crippen LogP contribution is -2.57. The fraction of sp³-hybridized carbons (Fsp3) is 0.682. The van der Waals surface area contributed by atoms with Crippen LogP contribution in [0.15, 0.2) is 30.3 Å². The van der Waals surface area contributed by atoms with E-state index in [-0.39, 0.29) is 0 Å². The molecule has 4 heteroatoms. The Kier molecular flexibility index (Phi) is 5.91. The zero-order chi connectivity index (χ0) is 17.8. The van der Waals surface area contributed by atoms with Crippen LogP contribution in [0, 0.1) is 11.8 Å². The van der Waals surface area contributed by atoms with Crippen LogP contribution in [0.5, 0.6) is 0 Å². The third-order valence-electron chi connectivity index (χ3n) is 6.69. The summed E-state index contributed by atoms with van der Waals surface area (Å²) >= 11 is 0. The first-order valence-electron chi connectivity index (χ1n) is 10.6. The Morgan fingerprint density at radius 1 is 1.04 bits per heavy atom. The number of nitrogens with one attached hydrogen (secondary N) is 1. The molecule has 3 aliphatic rings. The lowest BCUT2D eigenvalue weighted by atomic mass is 9.82. The van der Waals surface area contributed by atoms with E-state index < -0.39 is 0 Å². The van der Waals surface area contributed by atoms with Gasteiger partial charge in [0.25, 0.3) is 0 Å². The van der Waals surface area contributed by atoms with Gasteiger partial charge in [-0.3, -0.25) is 4.79 Å². The number of piperidine rings is 3. The third-order valence-corrected chi connectivity index (χ3v) is 6.69. The quantitative estimate of drug-likeness (QED) is 0.882. The number of amides is 1. The molecular weight excluding hydrogens is 322 g/mol. The highest BCUT2D eigenvalue weighted by Gasteiger charge is 2.39. The standard InChI is InChI=1S/C22H33N3O/c26-22-7-6-20-17-24(16-19-8-12-23-13-9-19)14-11-21(20)25(22)15-10-18-4-2-1-3-5-18/h1-5,19-21,23H,6-17H2/t20-,21+/m0/s1. The van der Waals surface area contributed by atoms with Gasteiger partial charge in [-0.05, 0) is 62.6 Å². The first-order chi connectivity index (χ1) is 12.8. The van der Waals surface area contributed by atoms with Gasteiger partial charge in [-0.15, -0.1) is 0 Å². The lowest BCUT2D eigenvalue weighted by Gasteiger charge is -2.48. The molecule has 3 heterocycles. The first kappa shape index (κ1) is 18.0. The summed E-state index contributed by atoms with van der Waals surface area (Å²) in [5, 5.41) is 3.47. The Morgan fingerprint density at radius 2 is 1.85 bits per heavy atom. The number of nitrogens with zero attached hydrogens (tertiary/aromatic N) is 2. The van der Waals surface area contributed by atoms with Crippen molar-refractivity contribution in [3.8, 4) is 0 Å². The van der Waals surface area contributed by atoms with Gasteiger partial charge in [-0.1, -0.05) is 30.3 Å². The van der Waals surface area contributed by atoms with E-state index in [1.54, 1.807) is 0 Å². The van der Waals surface area contributed by atoms with E-state index in [0.717, 1.165) is 38.1 Å². The predicted molar refractivity (Wildman–Crippen MR) is 105 cm³/mol. The lowest BCUT2D eigenvalue weighted by molar-refractivity contribution is -0.141. The Morgan fingerprint density at radius 3 is 2.65 bits per heavy atom. The second-order valence-corrected chi connectivity index (χ2v) is 8.43. The van der Waals surface area contributed by atoms with Crippen molar-refractivity contribution < 1.29 is 4.79 Å². The predicted octanol–water partition coefficient (Wildman–Crippen LogP) is 2.54. The highest BCUT2D eigenvalue weighted by Crippen LogP contribution is 2.32. The molecular formula is C22H33N3O. The van der Waals surface area contributed by atoms with E-state index in [0.29, 0.717) is 17.9 Å². The summed E-state index contributed by atoms with van der Waals surface area (Å²) in [4.78, 5) is 17.5. The summed E-state index contributed by atoms with van der Waals surface area (Å²) in [6.45, 7) is 6.89. The van der Waals surface area contributed by atoms with Crippen LogP contribution in [-0.4, -0.2) is 61.0 Å². The van der Waals surface area contributed by atoms with Crippen molar-refractivity contribution >= 4 is 5.91 Å². The molecule has 142 valence electrons. The zero-order valence-corrected chi connectivity index (χ0v) is 15.9. The smallest absolute Gasteiger partial charge is 0.222 e. The van der Waals surface area contributed by atoms with Gasteiger partial charge in [0.05, 0.1) is 0 Å². The molecule has 3 fully saturated rings. The SMILES string of the molecule is O=C1CC[C@H]2CN(CC3CCNCC3)CC[C@H]2N1CCc1ccccc1. The van der Waals surface area contributed by atoms with E-state index in [1.165, 1.54) is 51.1 Å². The highest BCUT2D eigenvalue weighted by molar-refractivity contribution is 5.77. The minimum atomic E-state index is 0.383. The van der Waals surface area contributed by atoms with Gasteiger partial charge < -0.3 is 15.1 Å². The van der Waals surface area contributed by atoms with Crippen molar-refractivity contribution in [3.05, 3.63) is 35.9 Å². The molecule has 0 radical (unpaired) electrons. The van der Waals surface area contributed by atoms with E-state index in [2.05, 4.69) is 45.4 Å². The summed E-state index contributed by atoms with van der Waals surface area (Å²) < 4.78 is 0. The monoisotopic (exact) mass is 355 g/mol. The molecule has 4 rings (SSSR count). The first-order valence-corrected chi connectivity index (χ1v) is 10.6. The van der Waals surface area contributed by atoms with Crippen LogP contribution in [0.3, 0.4) is 0 Å². The van der Waals surface area contributed by atoms with Crippen molar-refractivity contribution in [1.82, 2.24) is 15.1 Å². The van der Waals surface area contributed by atoms with E-state index in [1.807, 2.05) is 0 Å². The van der Waals surface area contributed by atoms with Crippen molar-refractivity contribution in [1.29, 1.82) is 0 Å². The van der Waals surface area contributed by atoms with E-state index in [9.17, 15) is 4.79 Å². The van der Waals surface area contributed by atoms with E-state index in [4.69, 9.17) is 0 Å². The Balaban J connectivity index is 1.33. The molecule has 0 saturated carbocycles. The third kappa shape index (κ3) is 4.29. The average molecular weight is 356 g/mol. The molecule has 0 unspecified atom stereocenters. The van der Waals surface area contributed by atoms with Gasteiger partial charge >= 0.3 is 0 Å². The van der Waals surface area contributed by atoms with Crippen molar-refractivity contribution in [2.24, 2.45) is 11.8 Å². The number of hydrogen-bond acceptors (Lipinski definition) is 3. The van der Waals surface area contributed by atoms with Gasteiger partial charge in [0, 0.05) is 38.6 Å². The molecule has 1 amide bonds. The zero-order valence-electron chi connectivity index (χ0n) is 15.9. The Bertz CT molecular complexity index is 584. The van der Waals surface area contributed by atoms with E-state index >= 15 is 0 Å². The normalized spacial score (nSPS) is 28.2. The number of rotatable bonds is 5. The van der Waals surface area contributed by atoms with Gasteiger partial charge in [0.1, 0.15) is 0 Å². The molecule has 2 atom stereocenters. The van der Waals surface area contributed by atoms with Crippen molar-refractivity contribution in [2.75, 3.05) is 39.3 Å². The maximum atomic E-state index is 12.6. The van der Waals surface area contributed by atoms with Crippen molar-refractivity contribution in [3.63, 3.8) is 0 Å². The molecule has 1 aromatic carbocycles. The van der Waals surface area contributed by atoms with Gasteiger partial charge in [0.2, 0.25) is 5.91 Å². The summed E-state index contributed by atoms with van der Waals surface area (Å²) in [7, 11) is 0. The summed E-state index contributed by atoms with van der Waals surface area (Å²) in [6.07, 6.45) is 6.63. The largest absolute Gasteiger partial charge is 0.339 e. The highest BCUT2D eigenvalue weighted by atomic mass is 16.2. The van der Waals surface area contributed by atoms with Gasteiger partial charge in [-0.2, -0.15) is 0 Å². The number of hydrogen-bond donors (Lipinski definition) is 1. The molecule has 4 nitrogen and oxygen atoms in total. The van der Waals surface area contributed by atoms with Crippen LogP contribution < -0.4 is 5.32 Å². The maximum absolute atomic E-state index is 12.6. The molecule has 1 N–H and O–H groups in total. The van der Waals surface area contributed by atoms with Gasteiger partial charge in [0.15, 0.2) is 0 Å². The van der Waals surface area contributed by atoms with Crippen molar-refractivity contribution in [2.45, 2.75) is 44.6 Å². The molecule has 0 spiro atoms. The molecule has 3 saturated heterocycles. The van der Waals surface area contributed by atoms with Crippen LogP contribution >= 0.6 is 0 Å². The number of benzene rings is 1. The van der Waals surface area contributed by atoms with Crippen LogP contribution in [0.25, 0.3) is 0 Å². The Labute approximate surface area is 157 Å². The fourth-order valence-electron chi connectivity index (χ4n) is 5.21. The van der Waals surface area contributed by atoms with Crippen LogP contribution in [0.2, 0.25) is 0 Å². The summed E-state index contributed by atoms with van der Waals surface area (Å²) in [5.41, 5.74) is 1.34. The van der Waals surface area contributed by atoms with Crippen LogP contribution in [0.4, 0.5) is 0 Å². The summed E-state index contributed by atoms with van der Waals surface area (Å²) in [6, 6.07) is 11.1. The van der Waals surface area contributed by atoms with Gasteiger partial charge in [-0.25, -0.2) is 0 Å². The topological polar surface area (TPSA) is 35.6 Å². The molecule has 3 aliphatic heterocycles. The molecule has 0 aliphatic carbocycles. The Hall–Kier alpha value is -1.39. The van der Waals surface area contributed by atoms with Crippen LogP contribution in [0.1, 0.15) is 37.7 Å². The number of likely N-dealkylation sites (tertiary alicyclic amines) is 2. The second kappa shape index (κ2) is 8.53.